The number of imidazole rings is 1. The first kappa shape index (κ1) is 9.30. The summed E-state index contributed by atoms with van der Waals surface area (Å²) in [4.78, 5) is 0. The van der Waals surface area contributed by atoms with Gasteiger partial charge in [0.15, 0.2) is 0 Å². The van der Waals surface area contributed by atoms with Crippen LogP contribution >= 0.6 is 0 Å². The van der Waals surface area contributed by atoms with Crippen LogP contribution in [0.25, 0.3) is 0 Å². The second-order valence-electron chi connectivity index (χ2n) is 3.85. The van der Waals surface area contributed by atoms with Crippen molar-refractivity contribution in [2.24, 2.45) is 13.0 Å². The highest BCUT2D eigenvalue weighted by molar-refractivity contribution is 4.61. The fraction of sp³-hybridized carbons (Fsp3) is 0.700. The SMILES string of the molecule is CC(C)CCC[n+]1ccn(C)c1. The summed E-state index contributed by atoms with van der Waals surface area (Å²) in [5.74, 6) is 0.828. The quantitative estimate of drug-likeness (QED) is 0.604. The molecule has 1 heterocycles. The number of aryl methyl sites for hydroxylation is 2. The Kier molecular flexibility index (Phi) is 3.32. The fourth-order valence-electron chi connectivity index (χ4n) is 1.32. The van der Waals surface area contributed by atoms with E-state index in [0.29, 0.717) is 0 Å². The molecule has 0 unspecified atom stereocenters. The highest BCUT2D eigenvalue weighted by Crippen LogP contribution is 2.02. The first-order chi connectivity index (χ1) is 5.68. The molecule has 0 N–H and O–H groups in total. The van der Waals surface area contributed by atoms with Gasteiger partial charge in [0.05, 0.1) is 13.6 Å². The number of nitrogens with zero attached hydrogens (tertiary/aromatic N) is 2. The third-order valence-corrected chi connectivity index (χ3v) is 2.02. The smallest absolute Gasteiger partial charge is 0.240 e. The lowest BCUT2D eigenvalue weighted by Gasteiger charge is -2.01. The van der Waals surface area contributed by atoms with Crippen LogP contribution in [0.2, 0.25) is 0 Å². The van der Waals surface area contributed by atoms with Crippen LogP contribution in [0.5, 0.6) is 0 Å². The highest BCUT2D eigenvalue weighted by atomic mass is 15.1. The summed E-state index contributed by atoms with van der Waals surface area (Å²) < 4.78 is 4.32. The second-order valence-corrected chi connectivity index (χ2v) is 3.85. The molecule has 0 aliphatic heterocycles. The average molecular weight is 167 g/mol. The minimum absolute atomic E-state index is 0.828. The maximum absolute atomic E-state index is 2.27. The van der Waals surface area contributed by atoms with Crippen LogP contribution in [0, 0.1) is 5.92 Å². The van der Waals surface area contributed by atoms with Gasteiger partial charge in [0.1, 0.15) is 12.4 Å². The van der Waals surface area contributed by atoms with Crippen molar-refractivity contribution in [2.75, 3.05) is 0 Å². The molecule has 12 heavy (non-hydrogen) atoms. The molecule has 68 valence electrons. The Bertz CT molecular complexity index is 225. The molecule has 0 fully saturated rings. The second kappa shape index (κ2) is 4.29. The van der Waals surface area contributed by atoms with Gasteiger partial charge in [-0.3, -0.25) is 0 Å². The van der Waals surface area contributed by atoms with Gasteiger partial charge in [-0.15, -0.1) is 0 Å². The van der Waals surface area contributed by atoms with E-state index >= 15 is 0 Å². The summed E-state index contributed by atoms with van der Waals surface area (Å²) >= 11 is 0. The predicted molar refractivity (Wildman–Crippen MR) is 49.7 cm³/mol. The van der Waals surface area contributed by atoms with Gasteiger partial charge in [0.2, 0.25) is 6.33 Å². The van der Waals surface area contributed by atoms with Gasteiger partial charge in [0.25, 0.3) is 0 Å². The molecule has 0 spiro atoms. The van der Waals surface area contributed by atoms with Crippen molar-refractivity contribution in [3.8, 4) is 0 Å². The zero-order valence-electron chi connectivity index (χ0n) is 8.33. The third-order valence-electron chi connectivity index (χ3n) is 2.02. The summed E-state index contributed by atoms with van der Waals surface area (Å²) in [6.07, 6.45) is 8.93. The molecular formula is C10H19N2+. The van der Waals surface area contributed by atoms with E-state index in [9.17, 15) is 0 Å². The number of hydrogen-bond acceptors (Lipinski definition) is 0. The lowest BCUT2D eigenvalue weighted by atomic mass is 10.1. The molecular weight excluding hydrogens is 148 g/mol. The van der Waals surface area contributed by atoms with Gasteiger partial charge in [-0.2, -0.15) is 0 Å². The maximum atomic E-state index is 2.27. The molecule has 1 rings (SSSR count). The number of rotatable bonds is 4. The fourth-order valence-corrected chi connectivity index (χ4v) is 1.32. The molecule has 0 atom stereocenters. The molecule has 2 heteroatoms. The molecule has 2 nitrogen and oxygen atoms in total. The lowest BCUT2D eigenvalue weighted by Crippen LogP contribution is -2.30. The minimum Gasteiger partial charge on any atom is -0.240 e. The van der Waals surface area contributed by atoms with Crippen LogP contribution in [-0.4, -0.2) is 4.57 Å². The predicted octanol–water partition coefficient (Wildman–Crippen LogP) is 1.75. The topological polar surface area (TPSA) is 8.81 Å². The summed E-state index contributed by atoms with van der Waals surface area (Å²) in [5, 5.41) is 0. The van der Waals surface area contributed by atoms with Gasteiger partial charge >= 0.3 is 0 Å². The average Bonchev–Trinajstić information content (AvgIpc) is 2.35. The number of hydrogen-bond donors (Lipinski definition) is 0. The molecule has 0 amide bonds. The molecule has 0 radical (unpaired) electrons. The zero-order chi connectivity index (χ0) is 8.97. The maximum Gasteiger partial charge on any atom is 0.243 e. The Hall–Kier alpha value is -0.790. The molecule has 0 aliphatic carbocycles. The Morgan fingerprint density at radius 3 is 2.67 bits per heavy atom. The third kappa shape index (κ3) is 3.07. The zero-order valence-corrected chi connectivity index (χ0v) is 8.33. The van der Waals surface area contributed by atoms with Crippen molar-refractivity contribution in [1.29, 1.82) is 0 Å². The van der Waals surface area contributed by atoms with Crippen LogP contribution in [-0.2, 0) is 13.6 Å². The molecule has 0 saturated carbocycles. The van der Waals surface area contributed by atoms with Crippen molar-refractivity contribution in [3.63, 3.8) is 0 Å². The van der Waals surface area contributed by atoms with Crippen molar-refractivity contribution in [2.45, 2.75) is 33.2 Å². The molecule has 0 bridgehead atoms. The summed E-state index contributed by atoms with van der Waals surface area (Å²) in [6.45, 7) is 5.70. The van der Waals surface area contributed by atoms with Crippen LogP contribution in [0.4, 0.5) is 0 Å². The highest BCUT2D eigenvalue weighted by Gasteiger charge is 2.00. The van der Waals surface area contributed by atoms with Gasteiger partial charge in [-0.25, -0.2) is 9.13 Å². The molecule has 1 aromatic heterocycles. The summed E-state index contributed by atoms with van der Waals surface area (Å²) in [6, 6.07) is 0. The van der Waals surface area contributed by atoms with Crippen LogP contribution in [0.3, 0.4) is 0 Å². The Morgan fingerprint density at radius 1 is 1.42 bits per heavy atom. The van der Waals surface area contributed by atoms with Crippen LogP contribution in [0.1, 0.15) is 26.7 Å². The van der Waals surface area contributed by atoms with E-state index in [1.165, 1.54) is 12.8 Å². The summed E-state index contributed by atoms with van der Waals surface area (Å²) in [7, 11) is 2.05. The Morgan fingerprint density at radius 2 is 2.17 bits per heavy atom. The van der Waals surface area contributed by atoms with Gasteiger partial charge in [-0.1, -0.05) is 13.8 Å². The van der Waals surface area contributed by atoms with E-state index in [-0.39, 0.29) is 0 Å². The van der Waals surface area contributed by atoms with Crippen LogP contribution < -0.4 is 4.57 Å². The van der Waals surface area contributed by atoms with E-state index in [0.717, 1.165) is 12.5 Å². The molecule has 0 aliphatic rings. The van der Waals surface area contributed by atoms with Crippen molar-refractivity contribution < 1.29 is 4.57 Å². The monoisotopic (exact) mass is 167 g/mol. The largest absolute Gasteiger partial charge is 0.243 e. The molecule has 1 aromatic rings. The Balaban J connectivity index is 2.24. The van der Waals surface area contributed by atoms with Crippen molar-refractivity contribution in [3.05, 3.63) is 18.7 Å². The number of aromatic nitrogens is 2. The molecule has 0 aromatic carbocycles. The van der Waals surface area contributed by atoms with E-state index in [1.807, 2.05) is 0 Å². The van der Waals surface area contributed by atoms with E-state index in [2.05, 4.69) is 48.8 Å². The first-order valence-electron chi connectivity index (χ1n) is 4.69. The van der Waals surface area contributed by atoms with E-state index in [1.54, 1.807) is 0 Å². The Labute approximate surface area is 74.8 Å². The lowest BCUT2D eigenvalue weighted by molar-refractivity contribution is -0.696. The standard InChI is InChI=1S/C10H19N2/c1-10(2)5-4-6-12-8-7-11(3)9-12/h7-10H,4-6H2,1-3H3/q+1. The first-order valence-corrected chi connectivity index (χ1v) is 4.69. The van der Waals surface area contributed by atoms with Gasteiger partial charge < -0.3 is 0 Å². The summed E-state index contributed by atoms with van der Waals surface area (Å²) in [5.41, 5.74) is 0. The normalized spacial score (nSPS) is 11.0. The van der Waals surface area contributed by atoms with Crippen molar-refractivity contribution in [1.82, 2.24) is 4.57 Å². The van der Waals surface area contributed by atoms with E-state index < -0.39 is 0 Å². The minimum atomic E-state index is 0.828. The van der Waals surface area contributed by atoms with Gasteiger partial charge in [-0.05, 0) is 18.8 Å². The van der Waals surface area contributed by atoms with Crippen LogP contribution in [0.15, 0.2) is 18.7 Å². The van der Waals surface area contributed by atoms with E-state index in [4.69, 9.17) is 0 Å². The van der Waals surface area contributed by atoms with Crippen molar-refractivity contribution >= 4 is 0 Å². The van der Waals surface area contributed by atoms with Gasteiger partial charge in [0, 0.05) is 0 Å². The molecule has 0 saturated heterocycles.